The molecule has 3 rings (SSSR count). The summed E-state index contributed by atoms with van der Waals surface area (Å²) in [4.78, 5) is 0. The Bertz CT molecular complexity index is 592. The molecule has 0 amide bonds. The lowest BCUT2D eigenvalue weighted by molar-refractivity contribution is 0.627. The Hall–Kier alpha value is -1.49. The van der Waals surface area contributed by atoms with E-state index in [2.05, 4.69) is 11.6 Å². The number of hydrogen-bond acceptors (Lipinski definition) is 3. The van der Waals surface area contributed by atoms with Gasteiger partial charge >= 0.3 is 0 Å². The summed E-state index contributed by atoms with van der Waals surface area (Å²) in [6.07, 6.45) is 5.53. The highest BCUT2D eigenvalue weighted by Gasteiger charge is 2.20. The number of fused-ring (bicyclic) bond motifs is 1. The second-order valence-corrected chi connectivity index (χ2v) is 5.84. The van der Waals surface area contributed by atoms with Crippen LogP contribution in [0, 0.1) is 5.82 Å². The van der Waals surface area contributed by atoms with Crippen LogP contribution in [0.5, 0.6) is 0 Å². The third-order valence-electron chi connectivity index (χ3n) is 3.56. The van der Waals surface area contributed by atoms with E-state index in [1.54, 1.807) is 23.9 Å². The largest absolute Gasteiger partial charge is 0.370 e. The molecule has 0 unspecified atom stereocenters. The lowest BCUT2D eigenvalue weighted by atomic mass is 10.1. The first-order valence-electron chi connectivity index (χ1n) is 6.89. The van der Waals surface area contributed by atoms with Crippen LogP contribution in [0.4, 0.5) is 10.2 Å². The first-order chi connectivity index (χ1) is 9.79. The van der Waals surface area contributed by atoms with Crippen molar-refractivity contribution in [3.05, 3.63) is 41.3 Å². The number of benzene rings is 1. The van der Waals surface area contributed by atoms with E-state index in [9.17, 15) is 4.39 Å². The minimum Gasteiger partial charge on any atom is -0.370 e. The van der Waals surface area contributed by atoms with Gasteiger partial charge in [-0.05, 0) is 49.8 Å². The maximum Gasteiger partial charge on any atom is 0.133 e. The number of anilines is 1. The normalized spacial score (nSPS) is 14.5. The van der Waals surface area contributed by atoms with E-state index >= 15 is 0 Å². The summed E-state index contributed by atoms with van der Waals surface area (Å²) in [5, 5.41) is 8.22. The second-order valence-electron chi connectivity index (χ2n) is 4.98. The SMILES string of the molecule is CSCc1nn(-c2ccc(F)cc2)c2c1CCCCN2. The highest BCUT2D eigenvalue weighted by Crippen LogP contribution is 2.29. The minimum absolute atomic E-state index is 0.218. The number of rotatable bonds is 3. The fourth-order valence-electron chi connectivity index (χ4n) is 2.60. The smallest absolute Gasteiger partial charge is 0.133 e. The van der Waals surface area contributed by atoms with Crippen LogP contribution in [-0.4, -0.2) is 22.6 Å². The summed E-state index contributed by atoms with van der Waals surface area (Å²) in [7, 11) is 0. The van der Waals surface area contributed by atoms with E-state index in [4.69, 9.17) is 5.10 Å². The van der Waals surface area contributed by atoms with Crippen LogP contribution in [0.25, 0.3) is 5.69 Å². The topological polar surface area (TPSA) is 29.9 Å². The van der Waals surface area contributed by atoms with Gasteiger partial charge in [0.15, 0.2) is 0 Å². The van der Waals surface area contributed by atoms with Crippen molar-refractivity contribution in [2.45, 2.75) is 25.0 Å². The highest BCUT2D eigenvalue weighted by atomic mass is 32.2. The van der Waals surface area contributed by atoms with Gasteiger partial charge < -0.3 is 5.32 Å². The fourth-order valence-corrected chi connectivity index (χ4v) is 3.10. The second kappa shape index (κ2) is 5.87. The molecule has 20 heavy (non-hydrogen) atoms. The molecule has 3 nitrogen and oxygen atoms in total. The molecule has 0 radical (unpaired) electrons. The molecular weight excluding hydrogens is 273 g/mol. The van der Waals surface area contributed by atoms with Gasteiger partial charge in [-0.1, -0.05) is 0 Å². The molecule has 1 N–H and O–H groups in total. The summed E-state index contributed by atoms with van der Waals surface area (Å²) < 4.78 is 15.0. The molecule has 0 spiro atoms. The van der Waals surface area contributed by atoms with Crippen molar-refractivity contribution in [1.82, 2.24) is 9.78 Å². The maximum absolute atomic E-state index is 13.1. The number of halogens is 1. The molecule has 0 bridgehead atoms. The first-order valence-corrected chi connectivity index (χ1v) is 8.28. The van der Waals surface area contributed by atoms with E-state index in [0.29, 0.717) is 0 Å². The van der Waals surface area contributed by atoms with Gasteiger partial charge in [0, 0.05) is 17.9 Å². The van der Waals surface area contributed by atoms with Crippen LogP contribution >= 0.6 is 11.8 Å². The number of aromatic nitrogens is 2. The molecule has 1 aromatic heterocycles. The lowest BCUT2D eigenvalue weighted by Gasteiger charge is -2.09. The zero-order valence-electron chi connectivity index (χ0n) is 11.5. The molecule has 106 valence electrons. The van der Waals surface area contributed by atoms with Gasteiger partial charge in [-0.15, -0.1) is 0 Å². The number of nitrogens with one attached hydrogen (secondary N) is 1. The van der Waals surface area contributed by atoms with Crippen molar-refractivity contribution < 1.29 is 4.39 Å². The van der Waals surface area contributed by atoms with Gasteiger partial charge in [0.1, 0.15) is 11.6 Å². The van der Waals surface area contributed by atoms with Gasteiger partial charge in [-0.2, -0.15) is 16.9 Å². The van der Waals surface area contributed by atoms with Crippen molar-refractivity contribution in [1.29, 1.82) is 0 Å². The number of thioether (sulfide) groups is 1. The Morgan fingerprint density at radius 2 is 2.10 bits per heavy atom. The maximum atomic E-state index is 13.1. The minimum atomic E-state index is -0.218. The molecule has 2 heterocycles. The average molecular weight is 291 g/mol. The van der Waals surface area contributed by atoms with Crippen molar-refractivity contribution in [2.75, 3.05) is 18.1 Å². The predicted octanol–water partition coefficient (Wildman–Crippen LogP) is 3.62. The van der Waals surface area contributed by atoms with Gasteiger partial charge in [-0.25, -0.2) is 9.07 Å². The van der Waals surface area contributed by atoms with Crippen LogP contribution in [0.1, 0.15) is 24.1 Å². The zero-order chi connectivity index (χ0) is 13.9. The van der Waals surface area contributed by atoms with Crippen LogP contribution in [-0.2, 0) is 12.2 Å². The molecule has 0 saturated heterocycles. The average Bonchev–Trinajstić information content (AvgIpc) is 2.64. The molecular formula is C15H18FN3S. The van der Waals surface area contributed by atoms with Crippen LogP contribution < -0.4 is 5.32 Å². The highest BCUT2D eigenvalue weighted by molar-refractivity contribution is 7.97. The molecule has 1 aromatic carbocycles. The van der Waals surface area contributed by atoms with Crippen LogP contribution in [0.3, 0.4) is 0 Å². The molecule has 0 aliphatic carbocycles. The molecule has 0 fully saturated rings. The summed E-state index contributed by atoms with van der Waals surface area (Å²) in [5.74, 6) is 1.78. The van der Waals surface area contributed by atoms with Crippen molar-refractivity contribution in [3.8, 4) is 5.69 Å². The quantitative estimate of drug-likeness (QED) is 0.936. The Balaban J connectivity index is 2.07. The van der Waals surface area contributed by atoms with Gasteiger partial charge in [-0.3, -0.25) is 0 Å². The Morgan fingerprint density at radius 3 is 2.85 bits per heavy atom. The van der Waals surface area contributed by atoms with E-state index in [1.165, 1.54) is 30.5 Å². The van der Waals surface area contributed by atoms with Gasteiger partial charge in [0.25, 0.3) is 0 Å². The van der Waals surface area contributed by atoms with Crippen molar-refractivity contribution in [3.63, 3.8) is 0 Å². The summed E-state index contributed by atoms with van der Waals surface area (Å²) in [6.45, 7) is 0.971. The molecule has 0 atom stereocenters. The number of hydrogen-bond donors (Lipinski definition) is 1. The molecule has 1 aliphatic rings. The monoisotopic (exact) mass is 291 g/mol. The van der Waals surface area contributed by atoms with Gasteiger partial charge in [0.2, 0.25) is 0 Å². The molecule has 5 heteroatoms. The van der Waals surface area contributed by atoms with E-state index in [0.717, 1.165) is 35.9 Å². The van der Waals surface area contributed by atoms with Crippen LogP contribution in [0.2, 0.25) is 0 Å². The van der Waals surface area contributed by atoms with Crippen molar-refractivity contribution >= 4 is 17.6 Å². The van der Waals surface area contributed by atoms with E-state index < -0.39 is 0 Å². The zero-order valence-corrected chi connectivity index (χ0v) is 12.3. The van der Waals surface area contributed by atoms with Crippen molar-refractivity contribution in [2.24, 2.45) is 0 Å². The van der Waals surface area contributed by atoms with Crippen LogP contribution in [0.15, 0.2) is 24.3 Å². The number of nitrogens with zero attached hydrogens (tertiary/aromatic N) is 2. The Labute approximate surface area is 122 Å². The predicted molar refractivity (Wildman–Crippen MR) is 82.2 cm³/mol. The summed E-state index contributed by atoms with van der Waals surface area (Å²) >= 11 is 1.78. The third kappa shape index (κ3) is 2.54. The molecule has 1 aliphatic heterocycles. The lowest BCUT2D eigenvalue weighted by Crippen LogP contribution is -2.07. The molecule has 0 saturated carbocycles. The Morgan fingerprint density at radius 1 is 1.30 bits per heavy atom. The van der Waals surface area contributed by atoms with E-state index in [1.807, 2.05) is 4.68 Å². The molecule has 2 aromatic rings. The first kappa shape index (κ1) is 13.5. The standard InChI is InChI=1S/C15H18FN3S/c1-20-10-14-13-4-2-3-9-17-15(13)19(18-14)12-7-5-11(16)6-8-12/h5-8,17H,2-4,9-10H2,1H3. The third-order valence-corrected chi connectivity index (χ3v) is 4.13. The van der Waals surface area contributed by atoms with Gasteiger partial charge in [0.05, 0.1) is 11.4 Å². The fraction of sp³-hybridized carbons (Fsp3) is 0.400. The summed E-state index contributed by atoms with van der Waals surface area (Å²) in [5.41, 5.74) is 3.37. The van der Waals surface area contributed by atoms with E-state index in [-0.39, 0.29) is 5.82 Å². The Kier molecular flexibility index (Phi) is 3.96. The summed E-state index contributed by atoms with van der Waals surface area (Å²) in [6, 6.07) is 6.51.